The number of rotatable bonds is 7. The molecule has 0 bridgehead atoms. The monoisotopic (exact) mass is 216 g/mol. The van der Waals surface area contributed by atoms with Gasteiger partial charge in [-0.15, -0.1) is 0 Å². The molecular weight excluding hydrogens is 196 g/mol. The van der Waals surface area contributed by atoms with Gasteiger partial charge in [0.15, 0.2) is 0 Å². The van der Waals surface area contributed by atoms with Gasteiger partial charge in [0.25, 0.3) is 0 Å². The lowest BCUT2D eigenvalue weighted by Gasteiger charge is -1.97. The Hall–Kier alpha value is -1.50. The smallest absolute Gasteiger partial charge is 0.126 e. The minimum atomic E-state index is 0.893. The number of benzene rings is 1. The molecule has 1 aromatic rings. The molecule has 0 aliphatic carbocycles. The van der Waals surface area contributed by atoms with Crippen LogP contribution < -0.4 is 4.74 Å². The Morgan fingerprint density at radius 2 is 1.75 bits per heavy atom. The van der Waals surface area contributed by atoms with E-state index in [1.54, 1.807) is 6.26 Å². The van der Waals surface area contributed by atoms with Crippen molar-refractivity contribution in [2.24, 2.45) is 0 Å². The fourth-order valence-electron chi connectivity index (χ4n) is 1.33. The lowest BCUT2D eigenvalue weighted by molar-refractivity contribution is 0.478. The van der Waals surface area contributed by atoms with E-state index in [0.717, 1.165) is 25.0 Å². The van der Waals surface area contributed by atoms with Gasteiger partial charge in [0.1, 0.15) is 5.75 Å². The van der Waals surface area contributed by atoms with Gasteiger partial charge in [-0.2, -0.15) is 0 Å². The highest BCUT2D eigenvalue weighted by Crippen LogP contribution is 2.08. The summed E-state index contributed by atoms with van der Waals surface area (Å²) in [5, 5.41) is 0. The topological polar surface area (TPSA) is 9.23 Å². The zero-order valence-electron chi connectivity index (χ0n) is 9.93. The summed E-state index contributed by atoms with van der Waals surface area (Å²) in [6.07, 6.45) is 12.9. The molecule has 0 atom stereocenters. The maximum absolute atomic E-state index is 5.44. The highest BCUT2D eigenvalue weighted by molar-refractivity contribution is 5.21. The maximum atomic E-state index is 5.44. The number of unbranched alkanes of at least 4 members (excludes halogenated alkanes) is 2. The molecule has 0 fully saturated rings. The van der Waals surface area contributed by atoms with E-state index in [1.807, 2.05) is 30.3 Å². The summed E-state index contributed by atoms with van der Waals surface area (Å²) in [4.78, 5) is 0. The highest BCUT2D eigenvalue weighted by atomic mass is 16.5. The molecule has 0 unspecified atom stereocenters. The van der Waals surface area contributed by atoms with Gasteiger partial charge in [0.05, 0.1) is 6.26 Å². The molecule has 0 saturated carbocycles. The van der Waals surface area contributed by atoms with Crippen molar-refractivity contribution in [2.75, 3.05) is 0 Å². The largest absolute Gasteiger partial charge is 0.465 e. The van der Waals surface area contributed by atoms with Gasteiger partial charge < -0.3 is 4.74 Å². The average Bonchev–Trinajstić information content (AvgIpc) is 2.34. The van der Waals surface area contributed by atoms with Crippen molar-refractivity contribution in [1.82, 2.24) is 0 Å². The highest BCUT2D eigenvalue weighted by Gasteiger charge is 1.85. The van der Waals surface area contributed by atoms with Gasteiger partial charge >= 0.3 is 0 Å². The molecule has 1 nitrogen and oxygen atoms in total. The minimum Gasteiger partial charge on any atom is -0.465 e. The molecule has 0 aromatic heterocycles. The van der Waals surface area contributed by atoms with E-state index in [0.29, 0.717) is 0 Å². The molecule has 16 heavy (non-hydrogen) atoms. The SMILES string of the molecule is CCC=CCCCC=COc1ccccc1. The molecule has 0 aliphatic heterocycles. The molecule has 1 rings (SSSR count). The van der Waals surface area contributed by atoms with Crippen LogP contribution in [0.25, 0.3) is 0 Å². The Labute approximate surface area is 98.5 Å². The molecule has 0 amide bonds. The number of hydrogen-bond donors (Lipinski definition) is 0. The average molecular weight is 216 g/mol. The van der Waals surface area contributed by atoms with Crippen molar-refractivity contribution in [1.29, 1.82) is 0 Å². The van der Waals surface area contributed by atoms with Crippen molar-refractivity contribution in [3.05, 3.63) is 54.8 Å². The van der Waals surface area contributed by atoms with Gasteiger partial charge in [0, 0.05) is 0 Å². The van der Waals surface area contributed by atoms with Crippen LogP contribution in [0.1, 0.15) is 32.6 Å². The second-order valence-electron chi connectivity index (χ2n) is 3.61. The first-order chi connectivity index (χ1) is 7.93. The Kier molecular flexibility index (Phi) is 6.90. The van der Waals surface area contributed by atoms with Crippen LogP contribution in [0.15, 0.2) is 54.8 Å². The Morgan fingerprint density at radius 1 is 1.00 bits per heavy atom. The second kappa shape index (κ2) is 8.78. The third kappa shape index (κ3) is 6.07. The molecule has 0 saturated heterocycles. The number of ether oxygens (including phenoxy) is 1. The normalized spacial score (nSPS) is 11.3. The molecule has 1 heteroatoms. The summed E-state index contributed by atoms with van der Waals surface area (Å²) in [6.45, 7) is 2.16. The molecule has 0 radical (unpaired) electrons. The Balaban J connectivity index is 2.07. The van der Waals surface area contributed by atoms with Crippen LogP contribution in [0, 0.1) is 0 Å². The van der Waals surface area contributed by atoms with Crippen LogP contribution in [0.2, 0.25) is 0 Å². The summed E-state index contributed by atoms with van der Waals surface area (Å²) < 4.78 is 5.44. The third-order valence-electron chi connectivity index (χ3n) is 2.19. The zero-order valence-corrected chi connectivity index (χ0v) is 9.93. The summed E-state index contributed by atoms with van der Waals surface area (Å²) in [7, 11) is 0. The molecule has 86 valence electrons. The van der Waals surface area contributed by atoms with Crippen LogP contribution >= 0.6 is 0 Å². The summed E-state index contributed by atoms with van der Waals surface area (Å²) in [5.41, 5.74) is 0. The van der Waals surface area contributed by atoms with E-state index < -0.39 is 0 Å². The minimum absolute atomic E-state index is 0.893. The van der Waals surface area contributed by atoms with Crippen molar-refractivity contribution in [3.63, 3.8) is 0 Å². The molecule has 1 aromatic carbocycles. The van der Waals surface area contributed by atoms with Crippen molar-refractivity contribution < 1.29 is 4.74 Å². The van der Waals surface area contributed by atoms with Crippen molar-refractivity contribution in [2.45, 2.75) is 32.6 Å². The summed E-state index contributed by atoms with van der Waals surface area (Å²) >= 11 is 0. The lowest BCUT2D eigenvalue weighted by atomic mass is 10.2. The van der Waals surface area contributed by atoms with E-state index in [4.69, 9.17) is 4.74 Å². The molecule has 0 spiro atoms. The molecule has 0 heterocycles. The molecule has 0 N–H and O–H groups in total. The maximum Gasteiger partial charge on any atom is 0.126 e. The van der Waals surface area contributed by atoms with E-state index in [9.17, 15) is 0 Å². The van der Waals surface area contributed by atoms with E-state index in [1.165, 1.54) is 6.42 Å². The molecule has 0 aliphatic rings. The van der Waals surface area contributed by atoms with Crippen molar-refractivity contribution in [3.8, 4) is 5.75 Å². The first-order valence-electron chi connectivity index (χ1n) is 5.95. The quantitative estimate of drug-likeness (QED) is 0.364. The van der Waals surface area contributed by atoms with Crippen LogP contribution in [-0.4, -0.2) is 0 Å². The Morgan fingerprint density at radius 3 is 2.50 bits per heavy atom. The van der Waals surface area contributed by atoms with E-state index in [-0.39, 0.29) is 0 Å². The first kappa shape index (κ1) is 12.6. The van der Waals surface area contributed by atoms with Crippen LogP contribution in [0.5, 0.6) is 5.75 Å². The van der Waals surface area contributed by atoms with Gasteiger partial charge in [-0.1, -0.05) is 37.3 Å². The zero-order chi connectivity index (χ0) is 11.5. The number of hydrogen-bond acceptors (Lipinski definition) is 1. The van der Waals surface area contributed by atoms with E-state index in [2.05, 4.69) is 25.2 Å². The van der Waals surface area contributed by atoms with Gasteiger partial charge in [-0.25, -0.2) is 0 Å². The number of allylic oxidation sites excluding steroid dienone is 3. The Bertz CT molecular complexity index is 311. The van der Waals surface area contributed by atoms with Gasteiger partial charge in [-0.3, -0.25) is 0 Å². The molecular formula is C15H20O. The van der Waals surface area contributed by atoms with Crippen molar-refractivity contribution >= 4 is 0 Å². The van der Waals surface area contributed by atoms with Gasteiger partial charge in [-0.05, 0) is 43.9 Å². The van der Waals surface area contributed by atoms with Crippen LogP contribution in [0.4, 0.5) is 0 Å². The third-order valence-corrected chi connectivity index (χ3v) is 2.19. The van der Waals surface area contributed by atoms with Crippen LogP contribution in [-0.2, 0) is 0 Å². The van der Waals surface area contributed by atoms with Crippen LogP contribution in [0.3, 0.4) is 0 Å². The van der Waals surface area contributed by atoms with E-state index >= 15 is 0 Å². The lowest BCUT2D eigenvalue weighted by Crippen LogP contribution is -1.80. The standard InChI is InChI=1S/C15H20O/c1-2-3-4-5-6-7-11-14-16-15-12-9-8-10-13-15/h3-4,8-14H,2,5-7H2,1H3. The van der Waals surface area contributed by atoms with Gasteiger partial charge in [0.2, 0.25) is 0 Å². The second-order valence-corrected chi connectivity index (χ2v) is 3.61. The summed E-state index contributed by atoms with van der Waals surface area (Å²) in [5.74, 6) is 0.893. The number of para-hydroxylation sites is 1. The fraction of sp³-hybridized carbons (Fsp3) is 0.333. The summed E-state index contributed by atoms with van der Waals surface area (Å²) in [6, 6.07) is 9.83. The predicted molar refractivity (Wildman–Crippen MR) is 69.5 cm³/mol. The predicted octanol–water partition coefficient (Wildman–Crippen LogP) is 4.72. The first-order valence-corrected chi connectivity index (χ1v) is 5.95. The fourth-order valence-corrected chi connectivity index (χ4v) is 1.33.